The third-order valence-electron chi connectivity index (χ3n) is 4.70. The Hall–Kier alpha value is -2.54. The molecular weight excluding hydrogens is 364 g/mol. The predicted octanol–water partition coefficient (Wildman–Crippen LogP) is 3.48. The Labute approximate surface area is 160 Å². The molecule has 1 fully saturated rings. The average Bonchev–Trinajstić information content (AvgIpc) is 3.15. The smallest absolute Gasteiger partial charge is 0.262 e. The van der Waals surface area contributed by atoms with Crippen LogP contribution in [0.15, 0.2) is 47.4 Å². The molecule has 1 amide bonds. The van der Waals surface area contributed by atoms with Crippen LogP contribution in [0.4, 0.5) is 5.69 Å². The fourth-order valence-corrected chi connectivity index (χ4v) is 4.36. The first-order valence-corrected chi connectivity index (χ1v) is 10.5. The second-order valence-corrected chi connectivity index (χ2v) is 8.47. The number of benzene rings is 2. The van der Waals surface area contributed by atoms with Gasteiger partial charge < -0.3 is 10.1 Å². The van der Waals surface area contributed by atoms with E-state index < -0.39 is 10.0 Å². The molecule has 3 rings (SSSR count). The Morgan fingerprint density at radius 3 is 2.56 bits per heavy atom. The maximum atomic E-state index is 12.8. The van der Waals surface area contributed by atoms with Gasteiger partial charge in [0.15, 0.2) is 0 Å². The van der Waals surface area contributed by atoms with Crippen molar-refractivity contribution < 1.29 is 17.9 Å². The van der Waals surface area contributed by atoms with E-state index in [-0.39, 0.29) is 16.8 Å². The van der Waals surface area contributed by atoms with E-state index in [9.17, 15) is 13.2 Å². The van der Waals surface area contributed by atoms with Gasteiger partial charge in [0.1, 0.15) is 5.75 Å². The van der Waals surface area contributed by atoms with Gasteiger partial charge in [-0.25, -0.2) is 8.42 Å². The Morgan fingerprint density at radius 1 is 1.11 bits per heavy atom. The summed E-state index contributed by atoms with van der Waals surface area (Å²) in [4.78, 5) is 12.5. The number of aryl methyl sites for hydroxylation is 1. The van der Waals surface area contributed by atoms with E-state index in [4.69, 9.17) is 4.74 Å². The highest BCUT2D eigenvalue weighted by atomic mass is 32.2. The Kier molecular flexibility index (Phi) is 5.70. The minimum atomic E-state index is -3.86. The molecule has 0 heterocycles. The molecule has 0 spiro atoms. The van der Waals surface area contributed by atoms with Crippen LogP contribution in [0.2, 0.25) is 0 Å². The van der Waals surface area contributed by atoms with E-state index in [1.165, 1.54) is 19.2 Å². The molecule has 1 saturated carbocycles. The van der Waals surface area contributed by atoms with Crippen molar-refractivity contribution in [2.45, 2.75) is 43.5 Å². The van der Waals surface area contributed by atoms with Crippen molar-refractivity contribution in [3.63, 3.8) is 0 Å². The number of hydrogen-bond acceptors (Lipinski definition) is 4. The molecule has 0 aliphatic heterocycles. The van der Waals surface area contributed by atoms with Gasteiger partial charge in [-0.05, 0) is 55.7 Å². The van der Waals surface area contributed by atoms with Crippen LogP contribution < -0.4 is 14.8 Å². The van der Waals surface area contributed by atoms with E-state index in [1.807, 2.05) is 13.0 Å². The fourth-order valence-electron chi connectivity index (χ4n) is 3.25. The molecule has 1 aliphatic carbocycles. The van der Waals surface area contributed by atoms with E-state index in [0.29, 0.717) is 17.0 Å². The zero-order chi connectivity index (χ0) is 19.4. The van der Waals surface area contributed by atoms with Crippen molar-refractivity contribution in [1.82, 2.24) is 5.32 Å². The lowest BCUT2D eigenvalue weighted by Crippen LogP contribution is -2.32. The Morgan fingerprint density at radius 2 is 1.85 bits per heavy atom. The number of sulfonamides is 1. The molecule has 27 heavy (non-hydrogen) atoms. The van der Waals surface area contributed by atoms with E-state index >= 15 is 0 Å². The first-order valence-electron chi connectivity index (χ1n) is 8.97. The predicted molar refractivity (Wildman–Crippen MR) is 105 cm³/mol. The summed E-state index contributed by atoms with van der Waals surface area (Å²) in [5.74, 6) is 0.186. The Balaban J connectivity index is 1.82. The number of methoxy groups -OCH3 is 1. The van der Waals surface area contributed by atoms with Gasteiger partial charge in [0.25, 0.3) is 15.9 Å². The summed E-state index contributed by atoms with van der Waals surface area (Å²) in [5, 5.41) is 2.98. The molecule has 0 saturated heterocycles. The highest BCUT2D eigenvalue weighted by Gasteiger charge is 2.21. The summed E-state index contributed by atoms with van der Waals surface area (Å²) in [6, 6.07) is 11.5. The zero-order valence-electron chi connectivity index (χ0n) is 15.5. The second kappa shape index (κ2) is 8.00. The summed E-state index contributed by atoms with van der Waals surface area (Å²) in [6.45, 7) is 1.87. The summed E-state index contributed by atoms with van der Waals surface area (Å²) < 4.78 is 33.4. The number of ether oxygens (including phenoxy) is 1. The lowest BCUT2D eigenvalue weighted by atomic mass is 10.2. The minimum absolute atomic E-state index is 0.0325. The number of anilines is 1. The van der Waals surface area contributed by atoms with Crippen molar-refractivity contribution in [3.05, 3.63) is 53.6 Å². The van der Waals surface area contributed by atoms with Crippen LogP contribution in [0.25, 0.3) is 0 Å². The highest BCUT2D eigenvalue weighted by Crippen LogP contribution is 2.28. The molecule has 1 aliphatic rings. The second-order valence-electron chi connectivity index (χ2n) is 6.79. The summed E-state index contributed by atoms with van der Waals surface area (Å²) in [5.41, 5.74) is 1.59. The molecule has 6 nitrogen and oxygen atoms in total. The van der Waals surface area contributed by atoms with Crippen LogP contribution in [-0.4, -0.2) is 27.5 Å². The van der Waals surface area contributed by atoms with Crippen molar-refractivity contribution in [1.29, 1.82) is 0 Å². The van der Waals surface area contributed by atoms with Gasteiger partial charge in [0, 0.05) is 11.6 Å². The third kappa shape index (κ3) is 4.60. The average molecular weight is 388 g/mol. The van der Waals surface area contributed by atoms with Crippen molar-refractivity contribution >= 4 is 21.6 Å². The SMILES string of the molecule is COc1ccc(C)cc1NS(=O)(=O)c1cccc(C(=O)NC2CCCC2)c1. The first kappa shape index (κ1) is 19.2. The molecule has 0 aromatic heterocycles. The van der Waals surface area contributed by atoms with Crippen molar-refractivity contribution in [2.24, 2.45) is 0 Å². The molecule has 144 valence electrons. The molecule has 2 aromatic rings. The van der Waals surface area contributed by atoms with E-state index in [1.54, 1.807) is 24.3 Å². The lowest BCUT2D eigenvalue weighted by molar-refractivity contribution is 0.0937. The van der Waals surface area contributed by atoms with Crippen LogP contribution in [-0.2, 0) is 10.0 Å². The molecule has 0 unspecified atom stereocenters. The minimum Gasteiger partial charge on any atom is -0.495 e. The number of rotatable bonds is 6. The van der Waals surface area contributed by atoms with Crippen LogP contribution in [0.3, 0.4) is 0 Å². The summed E-state index contributed by atoms with van der Waals surface area (Å²) in [7, 11) is -2.37. The topological polar surface area (TPSA) is 84.5 Å². The monoisotopic (exact) mass is 388 g/mol. The molecule has 0 atom stereocenters. The highest BCUT2D eigenvalue weighted by molar-refractivity contribution is 7.92. The molecular formula is C20H24N2O4S. The van der Waals surface area contributed by atoms with E-state index in [0.717, 1.165) is 31.2 Å². The van der Waals surface area contributed by atoms with Gasteiger partial charge >= 0.3 is 0 Å². The number of hydrogen-bond donors (Lipinski definition) is 2. The quantitative estimate of drug-likeness (QED) is 0.793. The van der Waals surface area contributed by atoms with Crippen LogP contribution in [0, 0.1) is 6.92 Å². The van der Waals surface area contributed by atoms with Gasteiger partial charge in [-0.1, -0.05) is 25.0 Å². The van der Waals surface area contributed by atoms with Gasteiger partial charge in [0.2, 0.25) is 0 Å². The van der Waals surface area contributed by atoms with Crippen molar-refractivity contribution in [2.75, 3.05) is 11.8 Å². The summed E-state index contributed by atoms with van der Waals surface area (Å²) in [6.07, 6.45) is 4.17. The molecule has 0 radical (unpaired) electrons. The molecule has 0 bridgehead atoms. The maximum absolute atomic E-state index is 12.8. The van der Waals surface area contributed by atoms with Gasteiger partial charge in [-0.15, -0.1) is 0 Å². The lowest BCUT2D eigenvalue weighted by Gasteiger charge is -2.14. The normalized spacial score (nSPS) is 14.7. The van der Waals surface area contributed by atoms with E-state index in [2.05, 4.69) is 10.0 Å². The molecule has 7 heteroatoms. The standard InChI is InChI=1S/C20H24N2O4S/c1-14-10-11-19(26-2)18(12-14)22-27(24,25)17-9-5-6-15(13-17)20(23)21-16-7-3-4-8-16/h5-6,9-13,16,22H,3-4,7-8H2,1-2H3,(H,21,23). The van der Waals surface area contributed by atoms with Crippen molar-refractivity contribution in [3.8, 4) is 5.75 Å². The van der Waals surface area contributed by atoms with Crippen LogP contribution >= 0.6 is 0 Å². The number of nitrogens with one attached hydrogen (secondary N) is 2. The van der Waals surface area contributed by atoms with Gasteiger partial charge in [-0.3, -0.25) is 9.52 Å². The Bertz CT molecular complexity index is 935. The summed E-state index contributed by atoms with van der Waals surface area (Å²) >= 11 is 0. The molecule has 2 N–H and O–H groups in total. The zero-order valence-corrected chi connectivity index (χ0v) is 16.3. The third-order valence-corrected chi connectivity index (χ3v) is 6.06. The maximum Gasteiger partial charge on any atom is 0.262 e. The molecule has 2 aromatic carbocycles. The number of carbonyl (C=O) groups is 1. The van der Waals surface area contributed by atoms with Crippen LogP contribution in [0.5, 0.6) is 5.75 Å². The largest absolute Gasteiger partial charge is 0.495 e. The van der Waals surface area contributed by atoms with Gasteiger partial charge in [0.05, 0.1) is 17.7 Å². The van der Waals surface area contributed by atoms with Gasteiger partial charge in [-0.2, -0.15) is 0 Å². The number of amides is 1. The van der Waals surface area contributed by atoms with Crippen LogP contribution in [0.1, 0.15) is 41.6 Å². The first-order chi connectivity index (χ1) is 12.9. The number of carbonyl (C=O) groups excluding carboxylic acids is 1. The fraction of sp³-hybridized carbons (Fsp3) is 0.350.